The minimum Gasteiger partial charge on any atom is -0.383 e. The number of methoxy groups -OCH3 is 2. The molecule has 1 heterocycles. The lowest BCUT2D eigenvalue weighted by atomic mass is 10.2. The van der Waals surface area contributed by atoms with Gasteiger partial charge in [0, 0.05) is 48.1 Å². The Kier molecular flexibility index (Phi) is 8.13. The summed E-state index contributed by atoms with van der Waals surface area (Å²) in [6.45, 7) is 5.82. The van der Waals surface area contributed by atoms with Gasteiger partial charge in [-0.25, -0.2) is 0 Å². The third-order valence-electron chi connectivity index (χ3n) is 3.03. The van der Waals surface area contributed by atoms with Crippen LogP contribution in [-0.2, 0) is 9.47 Å². The van der Waals surface area contributed by atoms with Crippen LogP contribution >= 0.6 is 27.3 Å². The van der Waals surface area contributed by atoms with Crippen molar-refractivity contribution < 1.29 is 9.47 Å². The molecule has 0 fully saturated rings. The number of hydrogen-bond donors (Lipinski definition) is 1. The summed E-state index contributed by atoms with van der Waals surface area (Å²) in [7, 11) is 3.44. The molecule has 1 aromatic rings. The maximum absolute atomic E-state index is 5.98. The molecule has 110 valence electrons. The molecule has 0 saturated carbocycles. The van der Waals surface area contributed by atoms with Gasteiger partial charge in [-0.15, -0.1) is 11.3 Å². The van der Waals surface area contributed by atoms with Gasteiger partial charge in [0.25, 0.3) is 0 Å². The Hall–Kier alpha value is 0.0200. The number of hydrogen-bond acceptors (Lipinski definition) is 5. The molecule has 1 rings (SSSR count). The molecule has 0 aliphatic rings. The Morgan fingerprint density at radius 3 is 2.26 bits per heavy atom. The van der Waals surface area contributed by atoms with Crippen molar-refractivity contribution in [2.24, 2.45) is 5.73 Å². The average Bonchev–Trinajstić information content (AvgIpc) is 2.72. The predicted octanol–water partition coefficient (Wildman–Crippen LogP) is 2.41. The molecule has 0 saturated heterocycles. The van der Waals surface area contributed by atoms with Crippen LogP contribution in [0.5, 0.6) is 0 Å². The fourth-order valence-corrected chi connectivity index (χ4v) is 3.64. The number of halogens is 1. The van der Waals surface area contributed by atoms with Crippen molar-refractivity contribution in [3.63, 3.8) is 0 Å². The highest BCUT2D eigenvalue weighted by Crippen LogP contribution is 2.32. The summed E-state index contributed by atoms with van der Waals surface area (Å²) in [5.74, 6) is 0. The van der Waals surface area contributed by atoms with E-state index in [1.54, 1.807) is 25.6 Å². The van der Waals surface area contributed by atoms with Crippen LogP contribution in [0.2, 0.25) is 0 Å². The fraction of sp³-hybridized carbons (Fsp3) is 0.692. The summed E-state index contributed by atoms with van der Waals surface area (Å²) < 4.78 is 11.5. The molecule has 0 spiro atoms. The lowest BCUT2D eigenvalue weighted by Gasteiger charge is -2.29. The lowest BCUT2D eigenvalue weighted by molar-refractivity contribution is 0.0901. The summed E-state index contributed by atoms with van der Waals surface area (Å²) in [6.07, 6.45) is 0. The minimum atomic E-state index is 0.222. The molecular formula is C13H23BrN2O2S. The second kappa shape index (κ2) is 9.05. The van der Waals surface area contributed by atoms with E-state index in [9.17, 15) is 0 Å². The number of nitrogens with zero attached hydrogens (tertiary/aromatic N) is 1. The molecule has 0 aliphatic carbocycles. The highest BCUT2D eigenvalue weighted by molar-refractivity contribution is 9.10. The van der Waals surface area contributed by atoms with Crippen LogP contribution in [0.1, 0.15) is 15.8 Å². The molecule has 6 heteroatoms. The van der Waals surface area contributed by atoms with E-state index in [0.717, 1.165) is 17.6 Å². The van der Waals surface area contributed by atoms with Crippen LogP contribution in [-0.4, -0.2) is 52.0 Å². The first-order chi connectivity index (χ1) is 9.13. The summed E-state index contributed by atoms with van der Waals surface area (Å²) in [5.41, 5.74) is 5.98. The average molecular weight is 351 g/mol. The standard InChI is InChI=1S/C13H23BrN2O2S/c1-10-11(14)8-13(19-10)12(9-15)16(4-6-17-2)5-7-18-3/h8,12H,4-7,9,15H2,1-3H3. The molecule has 19 heavy (non-hydrogen) atoms. The first-order valence-corrected chi connectivity index (χ1v) is 7.92. The Balaban J connectivity index is 2.81. The van der Waals surface area contributed by atoms with E-state index in [1.807, 2.05) is 0 Å². The van der Waals surface area contributed by atoms with Gasteiger partial charge in [-0.2, -0.15) is 0 Å². The maximum atomic E-state index is 5.98. The first kappa shape index (κ1) is 17.1. The number of ether oxygens (including phenoxy) is 2. The van der Waals surface area contributed by atoms with Crippen molar-refractivity contribution in [3.8, 4) is 0 Å². The third kappa shape index (κ3) is 5.13. The quantitative estimate of drug-likeness (QED) is 0.742. The lowest BCUT2D eigenvalue weighted by Crippen LogP contribution is -2.37. The Bertz CT molecular complexity index is 346. The van der Waals surface area contributed by atoms with Gasteiger partial charge in [0.05, 0.1) is 19.3 Å². The van der Waals surface area contributed by atoms with E-state index in [-0.39, 0.29) is 6.04 Å². The zero-order valence-electron chi connectivity index (χ0n) is 11.8. The van der Waals surface area contributed by atoms with Gasteiger partial charge in [-0.3, -0.25) is 4.90 Å². The van der Waals surface area contributed by atoms with Gasteiger partial charge < -0.3 is 15.2 Å². The molecule has 0 aromatic carbocycles. The van der Waals surface area contributed by atoms with Gasteiger partial charge >= 0.3 is 0 Å². The highest BCUT2D eigenvalue weighted by Gasteiger charge is 2.21. The molecule has 1 atom stereocenters. The molecular weight excluding hydrogens is 328 g/mol. The van der Waals surface area contributed by atoms with E-state index in [4.69, 9.17) is 15.2 Å². The normalized spacial score (nSPS) is 13.2. The maximum Gasteiger partial charge on any atom is 0.0589 e. The van der Waals surface area contributed by atoms with Crippen LogP contribution < -0.4 is 5.73 Å². The largest absolute Gasteiger partial charge is 0.383 e. The molecule has 0 bridgehead atoms. The van der Waals surface area contributed by atoms with Gasteiger partial charge in [-0.1, -0.05) is 0 Å². The first-order valence-electron chi connectivity index (χ1n) is 6.31. The summed E-state index contributed by atoms with van der Waals surface area (Å²) in [4.78, 5) is 4.90. The molecule has 0 radical (unpaired) electrons. The molecule has 2 N–H and O–H groups in total. The van der Waals surface area contributed by atoms with Crippen molar-refractivity contribution in [3.05, 3.63) is 20.3 Å². The number of thiophene rings is 1. The predicted molar refractivity (Wildman–Crippen MR) is 83.9 cm³/mol. The SMILES string of the molecule is COCCN(CCOC)C(CN)c1cc(Br)c(C)s1. The van der Waals surface area contributed by atoms with E-state index < -0.39 is 0 Å². The van der Waals surface area contributed by atoms with Crippen LogP contribution in [0.4, 0.5) is 0 Å². The second-order valence-electron chi connectivity index (χ2n) is 4.33. The van der Waals surface area contributed by atoms with E-state index in [0.29, 0.717) is 19.8 Å². The molecule has 4 nitrogen and oxygen atoms in total. The van der Waals surface area contributed by atoms with E-state index in [1.165, 1.54) is 9.75 Å². The van der Waals surface area contributed by atoms with Crippen LogP contribution in [0.3, 0.4) is 0 Å². The highest BCUT2D eigenvalue weighted by atomic mass is 79.9. The van der Waals surface area contributed by atoms with Crippen molar-refractivity contribution in [1.82, 2.24) is 4.90 Å². The molecule has 1 aromatic heterocycles. The van der Waals surface area contributed by atoms with Crippen molar-refractivity contribution in [2.45, 2.75) is 13.0 Å². The number of rotatable bonds is 9. The van der Waals surface area contributed by atoms with Crippen molar-refractivity contribution in [2.75, 3.05) is 47.1 Å². The van der Waals surface area contributed by atoms with Crippen LogP contribution in [0.25, 0.3) is 0 Å². The molecule has 0 amide bonds. The topological polar surface area (TPSA) is 47.7 Å². The van der Waals surface area contributed by atoms with Gasteiger partial charge in [-0.05, 0) is 28.9 Å². The van der Waals surface area contributed by atoms with Crippen LogP contribution in [0, 0.1) is 6.92 Å². The Morgan fingerprint density at radius 2 is 1.89 bits per heavy atom. The van der Waals surface area contributed by atoms with Gasteiger partial charge in [0.15, 0.2) is 0 Å². The molecule has 0 aliphatic heterocycles. The Morgan fingerprint density at radius 1 is 1.32 bits per heavy atom. The van der Waals surface area contributed by atoms with Gasteiger partial charge in [0.2, 0.25) is 0 Å². The number of aryl methyl sites for hydroxylation is 1. The smallest absolute Gasteiger partial charge is 0.0589 e. The minimum absolute atomic E-state index is 0.222. The summed E-state index contributed by atoms with van der Waals surface area (Å²) in [6, 6.07) is 2.39. The van der Waals surface area contributed by atoms with Gasteiger partial charge in [0.1, 0.15) is 0 Å². The molecule has 1 unspecified atom stereocenters. The summed E-state index contributed by atoms with van der Waals surface area (Å²) in [5, 5.41) is 0. The second-order valence-corrected chi connectivity index (χ2v) is 6.47. The van der Waals surface area contributed by atoms with Crippen molar-refractivity contribution in [1.29, 1.82) is 0 Å². The number of nitrogens with two attached hydrogens (primary N) is 1. The third-order valence-corrected chi connectivity index (χ3v) is 5.27. The zero-order valence-corrected chi connectivity index (χ0v) is 14.2. The van der Waals surface area contributed by atoms with Crippen molar-refractivity contribution >= 4 is 27.3 Å². The van der Waals surface area contributed by atoms with E-state index in [2.05, 4.69) is 33.8 Å². The van der Waals surface area contributed by atoms with Crippen LogP contribution in [0.15, 0.2) is 10.5 Å². The van der Waals surface area contributed by atoms with E-state index >= 15 is 0 Å². The zero-order chi connectivity index (χ0) is 14.3. The monoisotopic (exact) mass is 350 g/mol. The summed E-state index contributed by atoms with van der Waals surface area (Å²) >= 11 is 5.36. The Labute approximate surface area is 128 Å². The fourth-order valence-electron chi connectivity index (χ4n) is 1.93.